The molecular formula is C26H33N9O5S2. The van der Waals surface area contributed by atoms with Crippen molar-refractivity contribution < 1.29 is 24.3 Å². The Hall–Kier alpha value is -3.34. The molecule has 6 heterocycles. The van der Waals surface area contributed by atoms with Crippen LogP contribution < -0.4 is 16.4 Å². The Morgan fingerprint density at radius 2 is 2.17 bits per heavy atom. The molecule has 2 aromatic heterocycles. The van der Waals surface area contributed by atoms with Crippen LogP contribution in [0.4, 0.5) is 0 Å². The second-order valence-corrected chi connectivity index (χ2v) is 13.6. The normalized spacial score (nSPS) is 29.5. The van der Waals surface area contributed by atoms with Crippen LogP contribution in [0.3, 0.4) is 0 Å². The van der Waals surface area contributed by atoms with E-state index in [-0.39, 0.29) is 59.3 Å². The molecule has 4 aliphatic heterocycles. The van der Waals surface area contributed by atoms with Gasteiger partial charge in [0.2, 0.25) is 17.7 Å². The lowest BCUT2D eigenvalue weighted by atomic mass is 9.78. The number of carboxylic acids is 1. The van der Waals surface area contributed by atoms with E-state index in [1.54, 1.807) is 11.8 Å². The number of carboxylic acid groups (broad SMARTS) is 1. The van der Waals surface area contributed by atoms with Crippen LogP contribution in [0.2, 0.25) is 0 Å². The van der Waals surface area contributed by atoms with Crippen molar-refractivity contribution in [3.05, 3.63) is 28.1 Å². The number of hydrogen-bond acceptors (Lipinski definition) is 11. The SMILES string of the molecule is CC(NC(=O)Cn1nnnc1-c1cccs1)[C@H]1C(=O)N2C(C(=O)O)=C(S[C@@H]3CN[C@H](C(=O)N4CC[C@@H](N)C4)C3)[C@H](C)[C@H]12. The van der Waals surface area contributed by atoms with Gasteiger partial charge in [0.25, 0.3) is 0 Å². The fraction of sp³-hybridized carbons (Fsp3) is 0.577. The Kier molecular flexibility index (Phi) is 7.80. The van der Waals surface area contributed by atoms with E-state index in [1.165, 1.54) is 32.7 Å². The van der Waals surface area contributed by atoms with Crippen molar-refractivity contribution in [3.63, 3.8) is 0 Å². The van der Waals surface area contributed by atoms with Gasteiger partial charge in [-0.1, -0.05) is 13.0 Å². The van der Waals surface area contributed by atoms with Crippen LogP contribution in [0.15, 0.2) is 28.1 Å². The third kappa shape index (κ3) is 5.09. The number of aliphatic carboxylic acids is 1. The van der Waals surface area contributed by atoms with Crippen LogP contribution in [0.25, 0.3) is 10.7 Å². The summed E-state index contributed by atoms with van der Waals surface area (Å²) in [7, 11) is 0. The molecule has 3 amide bonds. The van der Waals surface area contributed by atoms with Gasteiger partial charge in [-0.15, -0.1) is 28.2 Å². The first-order valence-corrected chi connectivity index (χ1v) is 15.7. The molecule has 5 N–H and O–H groups in total. The number of rotatable bonds is 9. The highest BCUT2D eigenvalue weighted by Crippen LogP contribution is 2.51. The topological polar surface area (TPSA) is 189 Å². The number of nitrogens with zero attached hydrogens (tertiary/aromatic N) is 6. The third-order valence-electron chi connectivity index (χ3n) is 8.50. The standard InChI is InChI=1S/C26H33N9O5S2/c1-12-20-19(13(2)29-18(36)11-34-23(30-31-32-34)17-4-3-7-41-17)25(38)35(20)21(26(39)40)22(12)42-15-8-16(28-9-15)24(37)33-6-5-14(27)10-33/h3-4,7,12-16,19-20,28H,5-6,8-11,27H2,1-2H3,(H,29,36)(H,39,40)/t12-,13?,14-,15+,16+,19-,20-/m1/s1. The van der Waals surface area contributed by atoms with Gasteiger partial charge >= 0.3 is 5.97 Å². The molecule has 4 aliphatic rings. The van der Waals surface area contributed by atoms with E-state index in [0.717, 1.165) is 11.3 Å². The maximum absolute atomic E-state index is 13.3. The van der Waals surface area contributed by atoms with Crippen LogP contribution in [-0.4, -0.2) is 108 Å². The zero-order chi connectivity index (χ0) is 29.7. The van der Waals surface area contributed by atoms with Crippen molar-refractivity contribution in [2.75, 3.05) is 19.6 Å². The van der Waals surface area contributed by atoms with Crippen LogP contribution in [0, 0.1) is 11.8 Å². The van der Waals surface area contributed by atoms with E-state index >= 15 is 0 Å². The smallest absolute Gasteiger partial charge is 0.353 e. The largest absolute Gasteiger partial charge is 0.477 e. The van der Waals surface area contributed by atoms with Crippen molar-refractivity contribution in [1.82, 2.24) is 40.6 Å². The minimum Gasteiger partial charge on any atom is -0.477 e. The second-order valence-electron chi connectivity index (χ2n) is 11.3. The van der Waals surface area contributed by atoms with Crippen LogP contribution >= 0.6 is 23.1 Å². The molecule has 2 aromatic rings. The number of nitrogens with one attached hydrogen (secondary N) is 2. The molecule has 0 saturated carbocycles. The number of likely N-dealkylation sites (tertiary alicyclic amines) is 1. The third-order valence-corrected chi connectivity index (χ3v) is 10.9. The number of hydrogen-bond donors (Lipinski definition) is 4. The first-order valence-electron chi connectivity index (χ1n) is 14.0. The van der Waals surface area contributed by atoms with E-state index in [2.05, 4.69) is 26.2 Å². The van der Waals surface area contributed by atoms with Gasteiger partial charge in [0.15, 0.2) is 5.82 Å². The summed E-state index contributed by atoms with van der Waals surface area (Å²) in [5.41, 5.74) is 5.98. The van der Waals surface area contributed by atoms with E-state index < -0.39 is 17.9 Å². The molecule has 42 heavy (non-hydrogen) atoms. The zero-order valence-corrected chi connectivity index (χ0v) is 24.8. The predicted octanol–water partition coefficient (Wildman–Crippen LogP) is -0.297. The predicted molar refractivity (Wildman–Crippen MR) is 154 cm³/mol. The molecule has 0 aromatic carbocycles. The molecule has 3 saturated heterocycles. The zero-order valence-electron chi connectivity index (χ0n) is 23.2. The highest BCUT2D eigenvalue weighted by atomic mass is 32.2. The average molecular weight is 616 g/mol. The number of β-lactam (4-membered cyclic amide) rings is 1. The molecule has 14 nitrogen and oxygen atoms in total. The first-order chi connectivity index (χ1) is 20.1. The van der Waals surface area contributed by atoms with Gasteiger partial charge in [-0.25, -0.2) is 9.48 Å². The summed E-state index contributed by atoms with van der Waals surface area (Å²) in [4.78, 5) is 56.2. The summed E-state index contributed by atoms with van der Waals surface area (Å²) in [6, 6.07) is 2.50. The fourth-order valence-electron chi connectivity index (χ4n) is 6.48. The van der Waals surface area contributed by atoms with Gasteiger partial charge in [-0.3, -0.25) is 14.4 Å². The summed E-state index contributed by atoms with van der Waals surface area (Å²) in [5, 5.41) is 29.8. The molecule has 0 radical (unpaired) electrons. The minimum atomic E-state index is -1.15. The lowest BCUT2D eigenvalue weighted by Gasteiger charge is -2.47. The highest BCUT2D eigenvalue weighted by Gasteiger charge is 2.60. The van der Waals surface area contributed by atoms with Crippen molar-refractivity contribution in [2.45, 2.75) is 62.7 Å². The lowest BCUT2D eigenvalue weighted by Crippen LogP contribution is -2.66. The van der Waals surface area contributed by atoms with E-state index in [9.17, 15) is 24.3 Å². The fourth-order valence-corrected chi connectivity index (χ4v) is 8.68. The van der Waals surface area contributed by atoms with Crippen molar-refractivity contribution in [1.29, 1.82) is 0 Å². The Labute approximate surface area is 250 Å². The summed E-state index contributed by atoms with van der Waals surface area (Å²) in [6.45, 7) is 5.34. The number of nitrogens with two attached hydrogens (primary N) is 1. The van der Waals surface area contributed by atoms with Gasteiger partial charge < -0.3 is 31.3 Å². The summed E-state index contributed by atoms with van der Waals surface area (Å²) in [5.74, 6) is -2.12. The van der Waals surface area contributed by atoms with Crippen LogP contribution in [-0.2, 0) is 25.7 Å². The molecule has 0 aliphatic carbocycles. The summed E-state index contributed by atoms with van der Waals surface area (Å²) >= 11 is 2.90. The molecule has 224 valence electrons. The van der Waals surface area contributed by atoms with Crippen LogP contribution in [0.5, 0.6) is 0 Å². The van der Waals surface area contributed by atoms with E-state index in [0.29, 0.717) is 36.8 Å². The number of amides is 3. The number of thiophene rings is 1. The second kappa shape index (κ2) is 11.4. The van der Waals surface area contributed by atoms with E-state index in [1.807, 2.05) is 24.4 Å². The number of fused-ring (bicyclic) bond motifs is 1. The quantitative estimate of drug-likeness (QED) is 0.271. The average Bonchev–Trinajstić information content (AvgIpc) is 3.76. The number of carbonyl (C=O) groups is 4. The Bertz CT molecular complexity index is 1430. The summed E-state index contributed by atoms with van der Waals surface area (Å²) < 4.78 is 1.41. The molecule has 7 atom stereocenters. The maximum Gasteiger partial charge on any atom is 0.353 e. The minimum absolute atomic E-state index is 0.00634. The van der Waals surface area contributed by atoms with Gasteiger partial charge in [0.1, 0.15) is 12.2 Å². The molecule has 0 spiro atoms. The number of tetrazole rings is 1. The lowest BCUT2D eigenvalue weighted by molar-refractivity contribution is -0.158. The highest BCUT2D eigenvalue weighted by molar-refractivity contribution is 8.03. The Morgan fingerprint density at radius 1 is 1.36 bits per heavy atom. The van der Waals surface area contributed by atoms with Gasteiger partial charge in [-0.05, 0) is 41.6 Å². The molecule has 3 fully saturated rings. The molecule has 1 unspecified atom stereocenters. The van der Waals surface area contributed by atoms with E-state index in [4.69, 9.17) is 5.73 Å². The monoisotopic (exact) mass is 615 g/mol. The number of thioether (sulfide) groups is 1. The first kappa shape index (κ1) is 28.8. The van der Waals surface area contributed by atoms with Gasteiger partial charge in [0, 0.05) is 47.8 Å². The van der Waals surface area contributed by atoms with Crippen molar-refractivity contribution in [2.24, 2.45) is 17.6 Å². The molecular weight excluding hydrogens is 582 g/mol. The molecule has 16 heteroatoms. The maximum atomic E-state index is 13.3. The van der Waals surface area contributed by atoms with Gasteiger partial charge in [-0.2, -0.15) is 0 Å². The number of carbonyl (C=O) groups excluding carboxylic acids is 3. The van der Waals surface area contributed by atoms with Crippen LogP contribution in [0.1, 0.15) is 26.7 Å². The molecule has 6 rings (SSSR count). The Morgan fingerprint density at radius 3 is 2.86 bits per heavy atom. The van der Waals surface area contributed by atoms with Gasteiger partial charge in [0.05, 0.1) is 22.9 Å². The van der Waals surface area contributed by atoms with Crippen molar-refractivity contribution >= 4 is 46.8 Å². The summed E-state index contributed by atoms with van der Waals surface area (Å²) in [6.07, 6.45) is 1.36. The molecule has 0 bridgehead atoms. The Balaban J connectivity index is 1.09. The van der Waals surface area contributed by atoms with Crippen molar-refractivity contribution in [3.8, 4) is 10.7 Å². The number of aromatic nitrogens is 4.